The van der Waals surface area contributed by atoms with Gasteiger partial charge in [0.2, 0.25) is 5.76 Å². The molecule has 1 N–H and O–H groups in total. The summed E-state index contributed by atoms with van der Waals surface area (Å²) in [5, 5.41) is 19.6. The summed E-state index contributed by atoms with van der Waals surface area (Å²) >= 11 is 0. The monoisotopic (exact) mass is 385 g/mol. The highest BCUT2D eigenvalue weighted by Crippen LogP contribution is 2.33. The summed E-state index contributed by atoms with van der Waals surface area (Å²) < 4.78 is 46.9. The van der Waals surface area contributed by atoms with Gasteiger partial charge in [0.25, 0.3) is 5.91 Å². The topological polar surface area (TPSA) is 92.8 Å². The van der Waals surface area contributed by atoms with Crippen molar-refractivity contribution in [2.45, 2.75) is 64.7 Å². The number of nitrogens with zero attached hydrogens (tertiary/aromatic N) is 4. The van der Waals surface area contributed by atoms with E-state index in [0.717, 1.165) is 19.3 Å². The molecular weight excluding hydrogens is 363 g/mol. The van der Waals surface area contributed by atoms with Crippen LogP contribution >= 0.6 is 0 Å². The van der Waals surface area contributed by atoms with Crippen LogP contribution in [0.1, 0.15) is 51.7 Å². The van der Waals surface area contributed by atoms with E-state index < -0.39 is 35.6 Å². The summed E-state index contributed by atoms with van der Waals surface area (Å²) in [5.41, 5.74) is -1.39. The molecule has 0 unspecified atom stereocenters. The molecule has 0 saturated carbocycles. The molecule has 27 heavy (non-hydrogen) atoms. The molecule has 10 heteroatoms. The van der Waals surface area contributed by atoms with Crippen molar-refractivity contribution in [3.63, 3.8) is 0 Å². The summed E-state index contributed by atoms with van der Waals surface area (Å²) in [6, 6.07) is 1.53. The Morgan fingerprint density at radius 3 is 2.56 bits per heavy atom. The number of aromatic nitrogens is 3. The number of fused-ring (bicyclic) bond motifs is 1. The van der Waals surface area contributed by atoms with E-state index in [1.165, 1.54) is 10.6 Å². The largest absolute Gasteiger partial charge is 0.478 e. The molecule has 1 amide bonds. The Kier molecular flexibility index (Phi) is 6.13. The maximum atomic E-state index is 13.5. The number of aryl methyl sites for hydroxylation is 1. The third kappa shape index (κ3) is 5.45. The number of nitriles is 1. The zero-order valence-electron chi connectivity index (χ0n) is 15.5. The Morgan fingerprint density at radius 2 is 1.96 bits per heavy atom. The number of allylic oxidation sites excluding steroid dienone is 2. The average molecular weight is 385 g/mol. The number of halogens is 3. The second-order valence-electron chi connectivity index (χ2n) is 7.30. The molecular formula is C17H22F3N5O2. The molecule has 0 radical (unpaired) electrons. The van der Waals surface area contributed by atoms with Gasteiger partial charge in [0, 0.05) is 18.5 Å². The lowest BCUT2D eigenvalue weighted by Crippen LogP contribution is -2.42. The lowest BCUT2D eigenvalue weighted by Gasteiger charge is -2.21. The molecule has 1 aliphatic rings. The van der Waals surface area contributed by atoms with Gasteiger partial charge in [-0.25, -0.2) is 0 Å². The molecule has 0 fully saturated rings. The second-order valence-corrected chi connectivity index (χ2v) is 7.30. The van der Waals surface area contributed by atoms with E-state index in [4.69, 9.17) is 4.74 Å². The van der Waals surface area contributed by atoms with Gasteiger partial charge in [-0.2, -0.15) is 18.4 Å². The number of hydrogen-bond acceptors (Lipinski definition) is 5. The standard InChI is InChI=1S/C17H22F3N5O2/c1-16(2,3)22-13(26)10-27-14(17(18,19)20)11(9-21)15-24-23-12-7-5-4-6-8-25(12)15/h4-8,10H2,1-3H3,(H,22,26)/b14-11-. The molecule has 0 spiro atoms. The Bertz CT molecular complexity index is 769. The Morgan fingerprint density at radius 1 is 1.26 bits per heavy atom. The summed E-state index contributed by atoms with van der Waals surface area (Å²) in [7, 11) is 0. The van der Waals surface area contributed by atoms with Gasteiger partial charge in [0.05, 0.1) is 0 Å². The van der Waals surface area contributed by atoms with Crippen LogP contribution in [0.2, 0.25) is 0 Å². The average Bonchev–Trinajstić information content (AvgIpc) is 2.76. The Labute approximate surface area is 155 Å². The molecule has 0 saturated heterocycles. The van der Waals surface area contributed by atoms with Crippen LogP contribution in [0.25, 0.3) is 5.57 Å². The first-order valence-electron chi connectivity index (χ1n) is 8.61. The number of amides is 1. The predicted octanol–water partition coefficient (Wildman–Crippen LogP) is 2.73. The van der Waals surface area contributed by atoms with Gasteiger partial charge in [-0.3, -0.25) is 4.79 Å². The van der Waals surface area contributed by atoms with E-state index in [1.54, 1.807) is 20.8 Å². The van der Waals surface area contributed by atoms with E-state index in [1.807, 2.05) is 0 Å². The van der Waals surface area contributed by atoms with Crippen LogP contribution in [0.4, 0.5) is 13.2 Å². The molecule has 2 rings (SSSR count). The molecule has 0 bridgehead atoms. The van der Waals surface area contributed by atoms with E-state index in [9.17, 15) is 23.2 Å². The zero-order valence-corrected chi connectivity index (χ0v) is 15.5. The van der Waals surface area contributed by atoms with Crippen molar-refractivity contribution in [2.24, 2.45) is 0 Å². The number of rotatable bonds is 4. The third-order valence-corrected chi connectivity index (χ3v) is 3.79. The molecule has 0 aliphatic carbocycles. The van der Waals surface area contributed by atoms with Gasteiger partial charge < -0.3 is 14.6 Å². The van der Waals surface area contributed by atoms with Crippen molar-refractivity contribution >= 4 is 11.5 Å². The fourth-order valence-corrected chi connectivity index (χ4v) is 2.76. The normalized spacial score (nSPS) is 15.9. The van der Waals surface area contributed by atoms with Crippen molar-refractivity contribution in [2.75, 3.05) is 6.61 Å². The van der Waals surface area contributed by atoms with Crippen LogP contribution in [0.3, 0.4) is 0 Å². The van der Waals surface area contributed by atoms with Crippen molar-refractivity contribution in [1.82, 2.24) is 20.1 Å². The summed E-state index contributed by atoms with van der Waals surface area (Å²) in [6.07, 6.45) is -1.83. The number of alkyl halides is 3. The SMILES string of the molecule is CC(C)(C)NC(=O)CO/C(=C(/C#N)c1nnc2n1CCCCC2)C(F)(F)F. The number of hydrogen-bond donors (Lipinski definition) is 1. The molecule has 1 aliphatic heterocycles. The lowest BCUT2D eigenvalue weighted by atomic mass is 10.1. The minimum Gasteiger partial charge on any atom is -0.478 e. The van der Waals surface area contributed by atoms with Crippen molar-refractivity contribution in [3.05, 3.63) is 17.4 Å². The number of nitrogens with one attached hydrogen (secondary N) is 1. The van der Waals surface area contributed by atoms with E-state index in [2.05, 4.69) is 15.5 Å². The first-order chi connectivity index (χ1) is 12.5. The first kappa shape index (κ1) is 20.7. The second kappa shape index (κ2) is 7.98. The van der Waals surface area contributed by atoms with Gasteiger partial charge in [-0.15, -0.1) is 10.2 Å². The molecule has 0 aromatic carbocycles. The third-order valence-electron chi connectivity index (χ3n) is 3.79. The highest BCUT2D eigenvalue weighted by Gasteiger charge is 2.41. The van der Waals surface area contributed by atoms with Crippen LogP contribution in [0.5, 0.6) is 0 Å². The molecule has 148 valence electrons. The van der Waals surface area contributed by atoms with E-state index in [-0.39, 0.29) is 5.82 Å². The van der Waals surface area contributed by atoms with Gasteiger partial charge in [0.15, 0.2) is 12.4 Å². The minimum atomic E-state index is -4.95. The summed E-state index contributed by atoms with van der Waals surface area (Å²) in [4.78, 5) is 11.8. The minimum absolute atomic E-state index is 0.182. The molecule has 1 aromatic rings. The van der Waals surface area contributed by atoms with Crippen LogP contribution in [-0.4, -0.2) is 39.0 Å². The fraction of sp³-hybridized carbons (Fsp3) is 0.647. The van der Waals surface area contributed by atoms with Crippen molar-refractivity contribution < 1.29 is 22.7 Å². The van der Waals surface area contributed by atoms with E-state index in [0.29, 0.717) is 18.8 Å². The number of carbonyl (C=O) groups excluding carboxylic acids is 1. The van der Waals surface area contributed by atoms with Gasteiger partial charge in [-0.1, -0.05) is 6.42 Å². The van der Waals surface area contributed by atoms with Gasteiger partial charge >= 0.3 is 6.18 Å². The van der Waals surface area contributed by atoms with Crippen LogP contribution in [0, 0.1) is 11.3 Å². The predicted molar refractivity (Wildman–Crippen MR) is 90.0 cm³/mol. The quantitative estimate of drug-likeness (QED) is 0.635. The van der Waals surface area contributed by atoms with Gasteiger partial charge in [-0.05, 0) is 33.6 Å². The highest BCUT2D eigenvalue weighted by atomic mass is 19.4. The maximum absolute atomic E-state index is 13.5. The lowest BCUT2D eigenvalue weighted by molar-refractivity contribution is -0.140. The summed E-state index contributed by atoms with van der Waals surface area (Å²) in [6.45, 7) is 4.64. The molecule has 7 nitrogen and oxygen atoms in total. The van der Waals surface area contributed by atoms with Crippen LogP contribution < -0.4 is 5.32 Å². The smallest absolute Gasteiger partial charge is 0.450 e. The highest BCUT2D eigenvalue weighted by molar-refractivity contribution is 5.79. The number of carbonyl (C=O) groups is 1. The van der Waals surface area contributed by atoms with Crippen LogP contribution in [-0.2, 0) is 22.5 Å². The Hall–Kier alpha value is -2.57. The molecule has 1 aromatic heterocycles. The summed E-state index contributed by atoms with van der Waals surface area (Å²) in [5.74, 6) is -1.89. The number of ether oxygens (including phenoxy) is 1. The van der Waals surface area contributed by atoms with Gasteiger partial charge in [0.1, 0.15) is 17.5 Å². The van der Waals surface area contributed by atoms with Crippen LogP contribution in [0.15, 0.2) is 5.76 Å². The molecule has 0 atom stereocenters. The van der Waals surface area contributed by atoms with Crippen molar-refractivity contribution in [1.29, 1.82) is 5.26 Å². The molecule has 2 heterocycles. The maximum Gasteiger partial charge on any atom is 0.450 e. The zero-order chi connectivity index (χ0) is 20.2. The first-order valence-corrected chi connectivity index (χ1v) is 8.61. The fourth-order valence-electron chi connectivity index (χ4n) is 2.76. The Balaban J connectivity index is 2.37. The van der Waals surface area contributed by atoms with E-state index >= 15 is 0 Å². The van der Waals surface area contributed by atoms with Crippen molar-refractivity contribution in [3.8, 4) is 6.07 Å².